The van der Waals surface area contributed by atoms with Gasteiger partial charge in [-0.3, -0.25) is 0 Å². The van der Waals surface area contributed by atoms with Crippen LogP contribution in [0.15, 0.2) is 18.2 Å². The topological polar surface area (TPSA) is 54.0 Å². The first-order valence-corrected chi connectivity index (χ1v) is 9.63. The van der Waals surface area contributed by atoms with Crippen molar-refractivity contribution >= 4 is 12.0 Å². The summed E-state index contributed by atoms with van der Waals surface area (Å²) >= 11 is 0. The van der Waals surface area contributed by atoms with Gasteiger partial charge in [0.25, 0.3) is 0 Å². The van der Waals surface area contributed by atoms with Crippen molar-refractivity contribution in [1.82, 2.24) is 0 Å². The Balaban J connectivity index is 2.19. The van der Waals surface area contributed by atoms with E-state index < -0.39 is 0 Å². The smallest absolute Gasteiger partial charge is 0.331 e. The molecule has 0 bridgehead atoms. The Hall–Kier alpha value is -2.17. The van der Waals surface area contributed by atoms with E-state index >= 15 is 0 Å². The lowest BCUT2D eigenvalue weighted by Crippen LogP contribution is -2.19. The predicted octanol–water partition coefficient (Wildman–Crippen LogP) is 4.77. The molecule has 0 saturated heterocycles. The third-order valence-electron chi connectivity index (χ3n) is 4.21. The van der Waals surface area contributed by atoms with Gasteiger partial charge in [-0.25, -0.2) is 4.79 Å². The van der Waals surface area contributed by atoms with E-state index in [1.165, 1.54) is 12.5 Å². The van der Waals surface area contributed by atoms with Crippen molar-refractivity contribution in [2.75, 3.05) is 19.8 Å². The summed E-state index contributed by atoms with van der Waals surface area (Å²) in [5.74, 6) is 1.62. The molecular formula is C21H30O5. The minimum absolute atomic E-state index is 0.0407. The van der Waals surface area contributed by atoms with Gasteiger partial charge in [-0.15, -0.1) is 0 Å². The van der Waals surface area contributed by atoms with Gasteiger partial charge in [0.1, 0.15) is 23.4 Å². The highest BCUT2D eigenvalue weighted by molar-refractivity contribution is 5.88. The molecule has 0 unspecified atom stereocenters. The number of esters is 1. The largest absolute Gasteiger partial charge is 0.494 e. The molecule has 5 heteroatoms. The molecule has 2 rings (SSSR count). The second kappa shape index (κ2) is 10.7. The van der Waals surface area contributed by atoms with Gasteiger partial charge in [0.15, 0.2) is 0 Å². The van der Waals surface area contributed by atoms with Crippen LogP contribution in [0, 0.1) is 0 Å². The molecule has 1 fully saturated rings. The standard InChI is InChI=1S/C21H30O5/c1-4-23-17-14-19(24-5-2)18(20(15-17)25-6-3)12-13-21(22)26-16-10-8-7-9-11-16/h12-16H,4-11H2,1-3H3. The number of benzene rings is 1. The maximum Gasteiger partial charge on any atom is 0.331 e. The van der Waals surface area contributed by atoms with Crippen molar-refractivity contribution in [2.24, 2.45) is 0 Å². The second-order valence-electron chi connectivity index (χ2n) is 6.16. The number of carbonyl (C=O) groups excluding carboxylic acids is 1. The Morgan fingerprint density at radius 3 is 2.08 bits per heavy atom. The van der Waals surface area contributed by atoms with Gasteiger partial charge in [-0.05, 0) is 52.5 Å². The molecule has 0 aromatic heterocycles. The summed E-state index contributed by atoms with van der Waals surface area (Å²) in [5, 5.41) is 0. The van der Waals surface area contributed by atoms with E-state index in [4.69, 9.17) is 18.9 Å². The average molecular weight is 362 g/mol. The van der Waals surface area contributed by atoms with Crippen LogP contribution in [-0.4, -0.2) is 31.9 Å². The molecule has 0 radical (unpaired) electrons. The van der Waals surface area contributed by atoms with Crippen LogP contribution in [0.5, 0.6) is 17.2 Å². The van der Waals surface area contributed by atoms with Crippen molar-refractivity contribution in [3.63, 3.8) is 0 Å². The molecule has 144 valence electrons. The zero-order chi connectivity index (χ0) is 18.8. The highest BCUT2D eigenvalue weighted by Crippen LogP contribution is 2.35. The lowest BCUT2D eigenvalue weighted by Gasteiger charge is -2.21. The number of hydrogen-bond acceptors (Lipinski definition) is 5. The Morgan fingerprint density at radius 1 is 0.962 bits per heavy atom. The van der Waals surface area contributed by atoms with Crippen LogP contribution in [0.25, 0.3) is 6.08 Å². The molecule has 1 saturated carbocycles. The predicted molar refractivity (Wildman–Crippen MR) is 102 cm³/mol. The van der Waals surface area contributed by atoms with Gasteiger partial charge >= 0.3 is 5.97 Å². The van der Waals surface area contributed by atoms with Gasteiger partial charge in [-0.2, -0.15) is 0 Å². The van der Waals surface area contributed by atoms with Crippen LogP contribution in [0.1, 0.15) is 58.4 Å². The van der Waals surface area contributed by atoms with Crippen molar-refractivity contribution in [3.05, 3.63) is 23.8 Å². The van der Waals surface area contributed by atoms with Gasteiger partial charge in [0.2, 0.25) is 0 Å². The number of rotatable bonds is 9. The summed E-state index contributed by atoms with van der Waals surface area (Å²) in [6, 6.07) is 3.64. The second-order valence-corrected chi connectivity index (χ2v) is 6.16. The maximum absolute atomic E-state index is 12.2. The fourth-order valence-electron chi connectivity index (χ4n) is 3.08. The minimum Gasteiger partial charge on any atom is -0.494 e. The summed E-state index contributed by atoms with van der Waals surface area (Å²) < 4.78 is 22.6. The van der Waals surface area contributed by atoms with Crippen molar-refractivity contribution < 1.29 is 23.7 Å². The summed E-state index contributed by atoms with van der Waals surface area (Å²) in [6.45, 7) is 7.33. The van der Waals surface area contributed by atoms with Crippen molar-refractivity contribution in [3.8, 4) is 17.2 Å². The Bertz CT molecular complexity index is 575. The molecule has 0 spiro atoms. The Labute approximate surface area is 156 Å². The van der Waals surface area contributed by atoms with Crippen molar-refractivity contribution in [2.45, 2.75) is 59.0 Å². The minimum atomic E-state index is -0.323. The van der Waals surface area contributed by atoms with E-state index in [-0.39, 0.29) is 12.1 Å². The summed E-state index contributed by atoms with van der Waals surface area (Å²) in [5.41, 5.74) is 0.720. The molecule has 0 heterocycles. The molecule has 1 aromatic carbocycles. The molecule has 1 aliphatic carbocycles. The monoisotopic (exact) mass is 362 g/mol. The zero-order valence-corrected chi connectivity index (χ0v) is 16.1. The number of hydrogen-bond donors (Lipinski definition) is 0. The molecule has 0 amide bonds. The maximum atomic E-state index is 12.2. The van der Waals surface area contributed by atoms with Crippen LogP contribution in [0.4, 0.5) is 0 Å². The van der Waals surface area contributed by atoms with Crippen LogP contribution in [-0.2, 0) is 9.53 Å². The third-order valence-corrected chi connectivity index (χ3v) is 4.21. The normalized spacial score (nSPS) is 15.0. The SMILES string of the molecule is CCOc1cc(OCC)c(C=CC(=O)OC2CCCCC2)c(OCC)c1. The Kier molecular flexibility index (Phi) is 8.32. The number of ether oxygens (including phenoxy) is 4. The molecule has 0 atom stereocenters. The van der Waals surface area contributed by atoms with Crippen LogP contribution in [0.3, 0.4) is 0 Å². The average Bonchev–Trinajstić information content (AvgIpc) is 2.63. The Morgan fingerprint density at radius 2 is 1.54 bits per heavy atom. The first-order chi connectivity index (χ1) is 12.7. The molecular weight excluding hydrogens is 332 g/mol. The molecule has 1 aromatic rings. The molecule has 26 heavy (non-hydrogen) atoms. The highest BCUT2D eigenvalue weighted by atomic mass is 16.5. The number of carbonyl (C=O) groups is 1. The zero-order valence-electron chi connectivity index (χ0n) is 16.1. The molecule has 1 aliphatic rings. The van der Waals surface area contributed by atoms with E-state index in [1.54, 1.807) is 6.08 Å². The fraction of sp³-hybridized carbons (Fsp3) is 0.571. The first-order valence-electron chi connectivity index (χ1n) is 9.63. The van der Waals surface area contributed by atoms with E-state index in [9.17, 15) is 4.79 Å². The van der Waals surface area contributed by atoms with Crippen LogP contribution < -0.4 is 14.2 Å². The van der Waals surface area contributed by atoms with E-state index in [1.807, 2.05) is 32.9 Å². The summed E-state index contributed by atoms with van der Waals surface area (Å²) in [6.07, 6.45) is 8.60. The lowest BCUT2D eigenvalue weighted by atomic mass is 9.98. The van der Waals surface area contributed by atoms with E-state index in [2.05, 4.69) is 0 Å². The fourth-order valence-corrected chi connectivity index (χ4v) is 3.08. The van der Waals surface area contributed by atoms with Gasteiger partial charge in [-0.1, -0.05) is 6.42 Å². The van der Waals surface area contributed by atoms with Gasteiger partial charge in [0, 0.05) is 18.2 Å². The quantitative estimate of drug-likeness (QED) is 0.468. The lowest BCUT2D eigenvalue weighted by molar-refractivity contribution is -0.144. The summed E-state index contributed by atoms with van der Waals surface area (Å²) in [7, 11) is 0. The van der Waals surface area contributed by atoms with E-state index in [0.717, 1.165) is 31.2 Å². The van der Waals surface area contributed by atoms with Crippen molar-refractivity contribution in [1.29, 1.82) is 0 Å². The third kappa shape index (κ3) is 5.97. The first kappa shape index (κ1) is 20.1. The highest BCUT2D eigenvalue weighted by Gasteiger charge is 2.17. The van der Waals surface area contributed by atoms with Crippen LogP contribution >= 0.6 is 0 Å². The van der Waals surface area contributed by atoms with Gasteiger partial charge in [0.05, 0.1) is 25.4 Å². The van der Waals surface area contributed by atoms with Gasteiger partial charge < -0.3 is 18.9 Å². The molecule has 5 nitrogen and oxygen atoms in total. The molecule has 0 aliphatic heterocycles. The molecule has 0 N–H and O–H groups in total. The summed E-state index contributed by atoms with van der Waals surface area (Å²) in [4.78, 5) is 12.2. The van der Waals surface area contributed by atoms with Crippen LogP contribution in [0.2, 0.25) is 0 Å². The van der Waals surface area contributed by atoms with E-state index in [0.29, 0.717) is 37.1 Å².